The maximum Gasteiger partial charge on any atom is 0.341 e. The largest absolute Gasteiger partial charge is 0.341 e. The highest BCUT2D eigenvalue weighted by atomic mass is 32.1. The van der Waals surface area contributed by atoms with Crippen LogP contribution in [0.5, 0.6) is 0 Å². The normalized spacial score (nSPS) is 10.1. The maximum absolute atomic E-state index is 11.6. The number of thiocarbonyl (C=S) groups is 1. The zero-order valence-electron chi connectivity index (χ0n) is 11.1. The standard InChI is InChI=1S/C15H14N4OS/c20-14(19-16-11-12-7-3-1-4-8-12)18-15(21)17-13-9-5-2-6-10-13/h1-11H,(H3,17,18,19,20,21)/b16-11+. The fourth-order valence-corrected chi connectivity index (χ4v) is 1.73. The van der Waals surface area contributed by atoms with Crippen LogP contribution >= 0.6 is 12.2 Å². The Kier molecular flexibility index (Phi) is 5.42. The number of hydrazone groups is 1. The van der Waals surface area contributed by atoms with Crippen LogP contribution in [0.4, 0.5) is 10.5 Å². The smallest absolute Gasteiger partial charge is 0.332 e. The first kappa shape index (κ1) is 14.7. The molecule has 0 aliphatic rings. The average molecular weight is 298 g/mol. The highest BCUT2D eigenvalue weighted by Crippen LogP contribution is 2.04. The third-order valence-corrected chi connectivity index (χ3v) is 2.64. The molecule has 0 radical (unpaired) electrons. The fourth-order valence-electron chi connectivity index (χ4n) is 1.52. The number of carbonyl (C=O) groups excluding carboxylic acids is 1. The van der Waals surface area contributed by atoms with E-state index in [0.717, 1.165) is 11.3 Å². The summed E-state index contributed by atoms with van der Waals surface area (Å²) in [6.45, 7) is 0. The lowest BCUT2D eigenvalue weighted by Gasteiger charge is -2.08. The van der Waals surface area contributed by atoms with Gasteiger partial charge in [0.2, 0.25) is 0 Å². The van der Waals surface area contributed by atoms with Crippen molar-refractivity contribution in [2.24, 2.45) is 5.10 Å². The predicted molar refractivity (Wildman–Crippen MR) is 88.4 cm³/mol. The molecule has 0 aliphatic heterocycles. The van der Waals surface area contributed by atoms with Gasteiger partial charge in [-0.3, -0.25) is 5.32 Å². The minimum atomic E-state index is -0.504. The number of hydrogen-bond acceptors (Lipinski definition) is 3. The topological polar surface area (TPSA) is 65.5 Å². The summed E-state index contributed by atoms with van der Waals surface area (Å²) in [5.74, 6) is 0. The summed E-state index contributed by atoms with van der Waals surface area (Å²) >= 11 is 5.02. The van der Waals surface area contributed by atoms with E-state index in [1.807, 2.05) is 60.7 Å². The Labute approximate surface area is 128 Å². The lowest BCUT2D eigenvalue weighted by Crippen LogP contribution is -2.39. The Balaban J connectivity index is 1.77. The molecule has 0 heterocycles. The zero-order chi connectivity index (χ0) is 14.9. The van der Waals surface area contributed by atoms with E-state index in [1.54, 1.807) is 6.21 Å². The van der Waals surface area contributed by atoms with Crippen molar-refractivity contribution in [3.05, 3.63) is 66.2 Å². The van der Waals surface area contributed by atoms with Gasteiger partial charge in [0.25, 0.3) is 0 Å². The Hall–Kier alpha value is -2.73. The van der Waals surface area contributed by atoms with Crippen LogP contribution in [-0.4, -0.2) is 17.4 Å². The quantitative estimate of drug-likeness (QED) is 0.464. The maximum atomic E-state index is 11.6. The van der Waals surface area contributed by atoms with Crippen LogP contribution in [0.15, 0.2) is 65.8 Å². The molecule has 0 saturated heterocycles. The number of anilines is 1. The number of amides is 2. The molecule has 21 heavy (non-hydrogen) atoms. The number of nitrogens with zero attached hydrogens (tertiary/aromatic N) is 1. The molecule has 3 N–H and O–H groups in total. The molecule has 0 atom stereocenters. The molecule has 0 bridgehead atoms. The van der Waals surface area contributed by atoms with Crippen molar-refractivity contribution < 1.29 is 4.79 Å². The Bertz CT molecular complexity index is 629. The SMILES string of the molecule is O=C(N/N=C/c1ccccc1)NC(=S)Nc1ccccc1. The van der Waals surface area contributed by atoms with Gasteiger partial charge in [0.15, 0.2) is 5.11 Å². The number of rotatable bonds is 3. The lowest BCUT2D eigenvalue weighted by molar-refractivity contribution is 0.246. The van der Waals surface area contributed by atoms with Crippen molar-refractivity contribution in [3.63, 3.8) is 0 Å². The summed E-state index contributed by atoms with van der Waals surface area (Å²) in [5.41, 5.74) is 4.03. The van der Waals surface area contributed by atoms with Crippen LogP contribution in [0.3, 0.4) is 0 Å². The Morgan fingerprint density at radius 1 is 1.00 bits per heavy atom. The molecule has 0 unspecified atom stereocenters. The first-order valence-electron chi connectivity index (χ1n) is 6.25. The number of para-hydroxylation sites is 1. The molecule has 2 aromatic carbocycles. The highest BCUT2D eigenvalue weighted by Gasteiger charge is 2.02. The zero-order valence-corrected chi connectivity index (χ0v) is 11.9. The minimum absolute atomic E-state index is 0.202. The van der Waals surface area contributed by atoms with Gasteiger partial charge in [-0.1, -0.05) is 48.5 Å². The lowest BCUT2D eigenvalue weighted by atomic mass is 10.2. The van der Waals surface area contributed by atoms with Gasteiger partial charge >= 0.3 is 6.03 Å². The molecular weight excluding hydrogens is 284 g/mol. The van der Waals surface area contributed by atoms with Crippen molar-refractivity contribution in [2.45, 2.75) is 0 Å². The van der Waals surface area contributed by atoms with Crippen LogP contribution in [-0.2, 0) is 0 Å². The van der Waals surface area contributed by atoms with E-state index in [4.69, 9.17) is 12.2 Å². The average Bonchev–Trinajstić information content (AvgIpc) is 2.49. The molecule has 0 saturated carbocycles. The predicted octanol–water partition coefficient (Wildman–Crippen LogP) is 2.72. The first-order chi connectivity index (χ1) is 10.2. The second-order valence-electron chi connectivity index (χ2n) is 4.05. The van der Waals surface area contributed by atoms with E-state index in [9.17, 15) is 4.79 Å². The van der Waals surface area contributed by atoms with Gasteiger partial charge in [-0.15, -0.1) is 0 Å². The second-order valence-corrected chi connectivity index (χ2v) is 4.46. The van der Waals surface area contributed by atoms with E-state index in [0.29, 0.717) is 0 Å². The summed E-state index contributed by atoms with van der Waals surface area (Å²) < 4.78 is 0. The van der Waals surface area contributed by atoms with Gasteiger partial charge in [-0.05, 0) is 29.9 Å². The summed E-state index contributed by atoms with van der Waals surface area (Å²) in [6, 6.07) is 18.3. The second kappa shape index (κ2) is 7.76. The van der Waals surface area contributed by atoms with E-state index in [1.165, 1.54) is 0 Å². The number of urea groups is 1. The first-order valence-corrected chi connectivity index (χ1v) is 6.66. The molecule has 2 amide bonds. The van der Waals surface area contributed by atoms with Gasteiger partial charge in [-0.25, -0.2) is 10.2 Å². The number of carbonyl (C=O) groups is 1. The molecule has 0 aromatic heterocycles. The van der Waals surface area contributed by atoms with Crippen LogP contribution < -0.4 is 16.1 Å². The molecular formula is C15H14N4OS. The third kappa shape index (κ3) is 5.42. The van der Waals surface area contributed by atoms with Crippen LogP contribution in [0, 0.1) is 0 Å². The van der Waals surface area contributed by atoms with Gasteiger partial charge < -0.3 is 5.32 Å². The number of nitrogens with one attached hydrogen (secondary N) is 3. The molecule has 0 aliphatic carbocycles. The van der Waals surface area contributed by atoms with Crippen molar-refractivity contribution >= 4 is 35.3 Å². The molecule has 2 aromatic rings. The third-order valence-electron chi connectivity index (χ3n) is 2.44. The summed E-state index contributed by atoms with van der Waals surface area (Å²) in [4.78, 5) is 11.6. The van der Waals surface area contributed by atoms with Gasteiger partial charge in [-0.2, -0.15) is 5.10 Å². The van der Waals surface area contributed by atoms with E-state index >= 15 is 0 Å². The highest BCUT2D eigenvalue weighted by molar-refractivity contribution is 7.80. The summed E-state index contributed by atoms with van der Waals surface area (Å²) in [6.07, 6.45) is 1.55. The molecule has 6 heteroatoms. The molecule has 5 nitrogen and oxygen atoms in total. The summed E-state index contributed by atoms with van der Waals surface area (Å²) in [5, 5.41) is 9.39. The number of hydrogen-bond donors (Lipinski definition) is 3. The molecule has 2 rings (SSSR count). The van der Waals surface area contributed by atoms with Crippen LogP contribution in [0.25, 0.3) is 0 Å². The Morgan fingerprint density at radius 3 is 2.29 bits per heavy atom. The van der Waals surface area contributed by atoms with Crippen LogP contribution in [0.1, 0.15) is 5.56 Å². The van der Waals surface area contributed by atoms with E-state index in [2.05, 4.69) is 21.2 Å². The molecule has 0 fully saturated rings. The Morgan fingerprint density at radius 2 is 1.62 bits per heavy atom. The molecule has 0 spiro atoms. The minimum Gasteiger partial charge on any atom is -0.332 e. The summed E-state index contributed by atoms with van der Waals surface area (Å²) in [7, 11) is 0. The van der Waals surface area contributed by atoms with Crippen LogP contribution in [0.2, 0.25) is 0 Å². The van der Waals surface area contributed by atoms with Gasteiger partial charge in [0, 0.05) is 5.69 Å². The van der Waals surface area contributed by atoms with Crippen molar-refractivity contribution in [1.82, 2.24) is 10.7 Å². The number of benzene rings is 2. The van der Waals surface area contributed by atoms with Gasteiger partial charge in [0.1, 0.15) is 0 Å². The van der Waals surface area contributed by atoms with Crippen molar-refractivity contribution in [3.8, 4) is 0 Å². The van der Waals surface area contributed by atoms with Crippen molar-refractivity contribution in [2.75, 3.05) is 5.32 Å². The van der Waals surface area contributed by atoms with Crippen molar-refractivity contribution in [1.29, 1.82) is 0 Å². The van der Waals surface area contributed by atoms with Gasteiger partial charge in [0.05, 0.1) is 6.21 Å². The van der Waals surface area contributed by atoms with E-state index < -0.39 is 6.03 Å². The fraction of sp³-hybridized carbons (Fsp3) is 0. The van der Waals surface area contributed by atoms with E-state index in [-0.39, 0.29) is 5.11 Å². The molecule has 106 valence electrons. The monoisotopic (exact) mass is 298 g/mol.